The van der Waals surface area contributed by atoms with E-state index >= 15 is 0 Å². The first kappa shape index (κ1) is 22.0. The second-order valence-electron chi connectivity index (χ2n) is 7.63. The molecule has 0 atom stereocenters. The first-order valence-corrected chi connectivity index (χ1v) is 11.5. The molecule has 3 aromatic carbocycles. The summed E-state index contributed by atoms with van der Waals surface area (Å²) in [6, 6.07) is 21.5. The summed E-state index contributed by atoms with van der Waals surface area (Å²) >= 11 is 7.60. The molecule has 1 aromatic heterocycles. The van der Waals surface area contributed by atoms with Crippen LogP contribution in [0.4, 0.5) is 10.5 Å². The predicted octanol–water partition coefficient (Wildman–Crippen LogP) is 6.21. The number of rotatable bonds is 4. The number of hydrogen-bond acceptors (Lipinski definition) is 5. The number of hydrogen-bond donors (Lipinski definition) is 1. The van der Waals surface area contributed by atoms with E-state index in [2.05, 4.69) is 5.32 Å². The van der Waals surface area contributed by atoms with E-state index in [1.807, 2.05) is 49.4 Å². The van der Waals surface area contributed by atoms with Gasteiger partial charge in [-0.3, -0.25) is 14.9 Å². The molecule has 0 radical (unpaired) electrons. The van der Waals surface area contributed by atoms with Gasteiger partial charge in [0.2, 0.25) is 0 Å². The van der Waals surface area contributed by atoms with Gasteiger partial charge in [0.05, 0.1) is 5.69 Å². The maximum Gasteiger partial charge on any atom is 0.335 e. The SMILES string of the molecule is Cc1ccc(N2C(=O)NC(=O)/C(=C/c3ccc(Sc4cccc5ccccc45)o3)C2=O)cc1Cl. The van der Waals surface area contributed by atoms with Gasteiger partial charge < -0.3 is 4.42 Å². The van der Waals surface area contributed by atoms with E-state index in [4.69, 9.17) is 16.0 Å². The van der Waals surface area contributed by atoms with Gasteiger partial charge in [0.1, 0.15) is 11.3 Å². The van der Waals surface area contributed by atoms with Crippen LogP contribution in [0.25, 0.3) is 16.8 Å². The van der Waals surface area contributed by atoms with Crippen molar-refractivity contribution in [2.24, 2.45) is 0 Å². The summed E-state index contributed by atoms with van der Waals surface area (Å²) < 4.78 is 5.87. The van der Waals surface area contributed by atoms with Gasteiger partial charge in [-0.25, -0.2) is 9.69 Å². The lowest BCUT2D eigenvalue weighted by Crippen LogP contribution is -2.54. The van der Waals surface area contributed by atoms with Gasteiger partial charge in [-0.15, -0.1) is 0 Å². The third kappa shape index (κ3) is 4.11. The molecule has 0 bridgehead atoms. The quantitative estimate of drug-likeness (QED) is 0.273. The minimum Gasteiger partial charge on any atom is -0.450 e. The summed E-state index contributed by atoms with van der Waals surface area (Å²) in [5, 5.41) is 5.42. The topological polar surface area (TPSA) is 79.6 Å². The summed E-state index contributed by atoms with van der Waals surface area (Å²) in [5.74, 6) is -1.23. The monoisotopic (exact) mass is 488 g/mol. The molecule has 5 rings (SSSR count). The highest BCUT2D eigenvalue weighted by atomic mass is 35.5. The lowest BCUT2D eigenvalue weighted by Gasteiger charge is -2.26. The summed E-state index contributed by atoms with van der Waals surface area (Å²) in [7, 11) is 0. The Labute approximate surface area is 204 Å². The van der Waals surface area contributed by atoms with Crippen LogP contribution in [0.2, 0.25) is 5.02 Å². The van der Waals surface area contributed by atoms with Crippen LogP contribution in [0, 0.1) is 6.92 Å². The lowest BCUT2D eigenvalue weighted by molar-refractivity contribution is -0.122. The summed E-state index contributed by atoms with van der Waals surface area (Å²) in [6.07, 6.45) is 1.33. The highest BCUT2D eigenvalue weighted by Crippen LogP contribution is 2.35. The molecular formula is C26H17ClN2O4S. The van der Waals surface area contributed by atoms with E-state index in [0.717, 1.165) is 26.1 Å². The van der Waals surface area contributed by atoms with Crippen molar-refractivity contribution in [1.29, 1.82) is 0 Å². The van der Waals surface area contributed by atoms with Gasteiger partial charge in [0, 0.05) is 9.92 Å². The van der Waals surface area contributed by atoms with Crippen LogP contribution in [0.15, 0.2) is 92.8 Å². The predicted molar refractivity (Wildman–Crippen MR) is 132 cm³/mol. The molecule has 0 saturated carbocycles. The van der Waals surface area contributed by atoms with Crippen molar-refractivity contribution in [2.75, 3.05) is 4.90 Å². The number of aryl methyl sites for hydroxylation is 1. The van der Waals surface area contributed by atoms with Gasteiger partial charge in [-0.2, -0.15) is 0 Å². The molecule has 1 N–H and O–H groups in total. The zero-order valence-corrected chi connectivity index (χ0v) is 19.4. The second-order valence-corrected chi connectivity index (χ2v) is 9.08. The molecule has 6 nitrogen and oxygen atoms in total. The minimum absolute atomic E-state index is 0.215. The summed E-state index contributed by atoms with van der Waals surface area (Å²) in [6.45, 7) is 1.81. The molecule has 8 heteroatoms. The van der Waals surface area contributed by atoms with Crippen molar-refractivity contribution in [3.05, 3.63) is 94.7 Å². The molecule has 1 fully saturated rings. The summed E-state index contributed by atoms with van der Waals surface area (Å²) in [5.41, 5.74) is 0.851. The highest BCUT2D eigenvalue weighted by molar-refractivity contribution is 7.99. The lowest BCUT2D eigenvalue weighted by atomic mass is 10.1. The molecule has 34 heavy (non-hydrogen) atoms. The molecule has 1 saturated heterocycles. The Hall–Kier alpha value is -3.81. The van der Waals surface area contributed by atoms with E-state index < -0.39 is 17.8 Å². The maximum absolute atomic E-state index is 13.1. The fourth-order valence-corrected chi connectivity index (χ4v) is 4.72. The molecular weight excluding hydrogens is 472 g/mol. The number of carbonyl (C=O) groups is 3. The number of furan rings is 1. The number of imide groups is 2. The number of anilines is 1. The number of benzene rings is 3. The van der Waals surface area contributed by atoms with Crippen LogP contribution >= 0.6 is 23.4 Å². The molecule has 1 aliphatic rings. The number of halogens is 1. The van der Waals surface area contributed by atoms with Crippen molar-refractivity contribution < 1.29 is 18.8 Å². The number of urea groups is 1. The number of nitrogens with zero attached hydrogens (tertiary/aromatic N) is 1. The molecule has 4 aromatic rings. The van der Waals surface area contributed by atoms with E-state index in [0.29, 0.717) is 15.9 Å². The number of amides is 4. The third-order valence-electron chi connectivity index (χ3n) is 5.36. The Balaban J connectivity index is 1.43. The number of nitrogens with one attached hydrogen (secondary N) is 1. The van der Waals surface area contributed by atoms with Gasteiger partial charge in [-0.1, -0.05) is 65.8 Å². The molecule has 4 amide bonds. The zero-order valence-electron chi connectivity index (χ0n) is 17.9. The Kier molecular flexibility index (Phi) is 5.73. The van der Waals surface area contributed by atoms with Gasteiger partial charge >= 0.3 is 6.03 Å². The highest BCUT2D eigenvalue weighted by Gasteiger charge is 2.37. The van der Waals surface area contributed by atoms with Crippen molar-refractivity contribution in [3.8, 4) is 0 Å². The van der Waals surface area contributed by atoms with E-state index in [1.165, 1.54) is 23.9 Å². The molecule has 0 spiro atoms. The Morgan fingerprint density at radius 1 is 0.971 bits per heavy atom. The van der Waals surface area contributed by atoms with Crippen LogP contribution in [0.1, 0.15) is 11.3 Å². The van der Waals surface area contributed by atoms with Crippen LogP contribution in [-0.4, -0.2) is 17.8 Å². The van der Waals surface area contributed by atoms with Crippen molar-refractivity contribution >= 4 is 63.7 Å². The van der Waals surface area contributed by atoms with Crippen molar-refractivity contribution in [3.63, 3.8) is 0 Å². The van der Waals surface area contributed by atoms with Crippen molar-refractivity contribution in [2.45, 2.75) is 16.9 Å². The van der Waals surface area contributed by atoms with Crippen LogP contribution in [0.5, 0.6) is 0 Å². The van der Waals surface area contributed by atoms with Crippen molar-refractivity contribution in [1.82, 2.24) is 5.32 Å². The average molecular weight is 489 g/mol. The average Bonchev–Trinajstić information content (AvgIpc) is 3.26. The number of barbiturate groups is 1. The smallest absolute Gasteiger partial charge is 0.335 e. The zero-order chi connectivity index (χ0) is 23.8. The fraction of sp³-hybridized carbons (Fsp3) is 0.0385. The van der Waals surface area contributed by atoms with Gasteiger partial charge in [0.25, 0.3) is 11.8 Å². The normalized spacial score (nSPS) is 15.3. The molecule has 1 aliphatic heterocycles. The molecule has 0 unspecified atom stereocenters. The molecule has 0 aliphatic carbocycles. The standard InChI is InChI=1S/C26H17ClN2O4S/c1-15-9-10-17(13-21(15)27)29-25(31)20(24(30)28-26(29)32)14-18-11-12-23(33-18)34-22-8-4-6-16-5-2-3-7-19(16)22/h2-14H,1H3,(H,28,30,32)/b20-14-. The van der Waals surface area contributed by atoms with E-state index in [1.54, 1.807) is 24.3 Å². The molecule has 2 heterocycles. The first-order chi connectivity index (χ1) is 16.4. The van der Waals surface area contributed by atoms with Gasteiger partial charge in [0.15, 0.2) is 5.09 Å². The molecule has 168 valence electrons. The van der Waals surface area contributed by atoms with E-state index in [-0.39, 0.29) is 11.3 Å². The summed E-state index contributed by atoms with van der Waals surface area (Å²) in [4.78, 5) is 39.8. The van der Waals surface area contributed by atoms with E-state index in [9.17, 15) is 14.4 Å². The number of carbonyl (C=O) groups excluding carboxylic acids is 3. The van der Waals surface area contributed by atoms with Crippen LogP contribution < -0.4 is 10.2 Å². The minimum atomic E-state index is -0.835. The van der Waals surface area contributed by atoms with Crippen LogP contribution in [0.3, 0.4) is 0 Å². The fourth-order valence-electron chi connectivity index (χ4n) is 3.61. The first-order valence-electron chi connectivity index (χ1n) is 10.3. The number of fused-ring (bicyclic) bond motifs is 1. The third-order valence-corrected chi connectivity index (χ3v) is 6.77. The second kappa shape index (κ2) is 8.85. The Morgan fingerprint density at radius 3 is 2.59 bits per heavy atom. The Bertz CT molecular complexity index is 1500. The van der Waals surface area contributed by atoms with Gasteiger partial charge in [-0.05, 0) is 59.7 Å². The Morgan fingerprint density at radius 2 is 1.76 bits per heavy atom. The largest absolute Gasteiger partial charge is 0.450 e. The maximum atomic E-state index is 13.1. The van der Waals surface area contributed by atoms with Crippen LogP contribution in [-0.2, 0) is 9.59 Å².